The summed E-state index contributed by atoms with van der Waals surface area (Å²) in [7, 11) is 0. The Morgan fingerprint density at radius 3 is 2.05 bits per heavy atom. The minimum Gasteiger partial charge on any atom is -0.459 e. The molecule has 1 fully saturated rings. The number of hydrogen-bond donors (Lipinski definition) is 0. The van der Waals surface area contributed by atoms with Crippen LogP contribution in [0, 0.1) is 0 Å². The summed E-state index contributed by atoms with van der Waals surface area (Å²) in [6.07, 6.45) is -3.16. The molecule has 232 valence electrons. The number of ether oxygens (including phenoxy) is 5. The molecule has 0 bridgehead atoms. The molecule has 11 nitrogen and oxygen atoms in total. The third-order valence-electron chi connectivity index (χ3n) is 7.06. The molecule has 0 aromatic heterocycles. The van der Waals surface area contributed by atoms with Crippen molar-refractivity contribution in [3.05, 3.63) is 118 Å². The fourth-order valence-corrected chi connectivity index (χ4v) is 4.93. The van der Waals surface area contributed by atoms with Crippen LogP contribution in [0.3, 0.4) is 0 Å². The first-order chi connectivity index (χ1) is 21.4. The van der Waals surface area contributed by atoms with Crippen molar-refractivity contribution in [2.75, 3.05) is 13.2 Å². The first kappa shape index (κ1) is 32.5. The van der Waals surface area contributed by atoms with Gasteiger partial charge in [0.1, 0.15) is 24.9 Å². The molecule has 1 aliphatic heterocycles. The van der Waals surface area contributed by atoms with Crippen molar-refractivity contribution in [3.63, 3.8) is 0 Å². The van der Waals surface area contributed by atoms with Crippen molar-refractivity contribution in [3.8, 4) is 0 Å². The zero-order valence-electron chi connectivity index (χ0n) is 24.9. The molecule has 1 amide bonds. The molecule has 0 radical (unpaired) electrons. The molecule has 1 unspecified atom stereocenters. The Morgan fingerprint density at radius 2 is 1.45 bits per heavy atom. The predicted molar refractivity (Wildman–Crippen MR) is 162 cm³/mol. The zero-order chi connectivity index (χ0) is 31.1. The second-order valence-electron chi connectivity index (χ2n) is 10.4. The second kappa shape index (κ2) is 17.0. The Kier molecular flexibility index (Phi) is 12.6. The van der Waals surface area contributed by atoms with Crippen molar-refractivity contribution in [1.29, 1.82) is 0 Å². The normalized spacial score (nSPS) is 21.1. The lowest BCUT2D eigenvalue weighted by Crippen LogP contribution is -2.58. The van der Waals surface area contributed by atoms with E-state index < -0.39 is 42.7 Å². The van der Waals surface area contributed by atoms with E-state index >= 15 is 0 Å². The maximum Gasteiger partial charge on any atom is 0.410 e. The van der Waals surface area contributed by atoms with Crippen LogP contribution in [0.4, 0.5) is 4.79 Å². The number of hydrogen-bond acceptors (Lipinski definition) is 8. The topological polar surface area (TPSA) is 132 Å². The molecule has 3 aromatic carbocycles. The van der Waals surface area contributed by atoms with Gasteiger partial charge < -0.3 is 28.6 Å². The molecule has 0 saturated carbocycles. The Bertz CT molecular complexity index is 1360. The van der Waals surface area contributed by atoms with Gasteiger partial charge >= 0.3 is 12.1 Å². The Balaban J connectivity index is 1.38. The minimum atomic E-state index is -0.991. The standard InChI is InChI=1S/C33H38N4O7/c1-24-30(41-22-27-15-8-4-9-16-27)31(44-25(2)38)29(35-36-34)32(43-24)40-20-12-19-37(21-26-13-6-3-7-14-26)33(39)42-23-28-17-10-5-11-18-28/h3-11,13-18,24,29-32H,12,19-23H2,1-2H3/t24-,29-,30-,31-,32?/m1/s1. The summed E-state index contributed by atoms with van der Waals surface area (Å²) < 4.78 is 29.4. The molecule has 11 heteroatoms. The molecule has 0 N–H and O–H groups in total. The lowest BCUT2D eigenvalue weighted by atomic mass is 9.97. The monoisotopic (exact) mass is 602 g/mol. The van der Waals surface area contributed by atoms with Crippen LogP contribution >= 0.6 is 0 Å². The first-order valence-corrected chi connectivity index (χ1v) is 14.6. The average molecular weight is 603 g/mol. The molecule has 1 saturated heterocycles. The van der Waals surface area contributed by atoms with E-state index in [2.05, 4.69) is 10.0 Å². The Labute approximate surface area is 257 Å². The van der Waals surface area contributed by atoms with E-state index in [-0.39, 0.29) is 19.8 Å². The van der Waals surface area contributed by atoms with E-state index in [1.807, 2.05) is 91.0 Å². The number of azide groups is 1. The summed E-state index contributed by atoms with van der Waals surface area (Å²) in [6, 6.07) is 27.7. The van der Waals surface area contributed by atoms with E-state index in [1.54, 1.807) is 11.8 Å². The molecule has 3 aromatic rings. The van der Waals surface area contributed by atoms with Crippen LogP contribution in [0.15, 0.2) is 96.1 Å². The van der Waals surface area contributed by atoms with Crippen LogP contribution < -0.4 is 0 Å². The van der Waals surface area contributed by atoms with Crippen LogP contribution in [-0.2, 0) is 48.2 Å². The highest BCUT2D eigenvalue weighted by atomic mass is 16.7. The van der Waals surface area contributed by atoms with Crippen molar-refractivity contribution in [2.45, 2.75) is 70.7 Å². The highest BCUT2D eigenvalue weighted by molar-refractivity contribution is 5.67. The highest BCUT2D eigenvalue weighted by Crippen LogP contribution is 2.30. The van der Waals surface area contributed by atoms with Crippen molar-refractivity contribution in [2.24, 2.45) is 5.11 Å². The largest absolute Gasteiger partial charge is 0.459 e. The van der Waals surface area contributed by atoms with Gasteiger partial charge in [0.2, 0.25) is 0 Å². The van der Waals surface area contributed by atoms with E-state index in [9.17, 15) is 15.1 Å². The number of amides is 1. The van der Waals surface area contributed by atoms with Gasteiger partial charge in [0.25, 0.3) is 0 Å². The van der Waals surface area contributed by atoms with Crippen molar-refractivity contribution >= 4 is 12.1 Å². The number of carbonyl (C=O) groups excluding carboxylic acids is 2. The van der Waals surface area contributed by atoms with Crippen molar-refractivity contribution in [1.82, 2.24) is 4.90 Å². The summed E-state index contributed by atoms with van der Waals surface area (Å²) in [5, 5.41) is 3.88. The van der Waals surface area contributed by atoms with Gasteiger partial charge in [-0.2, -0.15) is 0 Å². The average Bonchev–Trinajstić information content (AvgIpc) is 3.04. The molecule has 5 atom stereocenters. The molecule has 44 heavy (non-hydrogen) atoms. The quantitative estimate of drug-likeness (QED) is 0.0708. The Morgan fingerprint density at radius 1 is 0.864 bits per heavy atom. The third-order valence-corrected chi connectivity index (χ3v) is 7.06. The maximum absolute atomic E-state index is 13.1. The fraction of sp³-hybridized carbons (Fsp3) is 0.394. The lowest BCUT2D eigenvalue weighted by Gasteiger charge is -2.43. The van der Waals surface area contributed by atoms with Gasteiger partial charge in [-0.05, 0) is 35.6 Å². The highest BCUT2D eigenvalue weighted by Gasteiger charge is 2.47. The van der Waals surface area contributed by atoms with Crippen molar-refractivity contribution < 1.29 is 33.3 Å². The summed E-state index contributed by atoms with van der Waals surface area (Å²) in [5.74, 6) is -0.542. The molecular formula is C33H38N4O7. The summed E-state index contributed by atoms with van der Waals surface area (Å²) >= 11 is 0. The van der Waals surface area contributed by atoms with Gasteiger partial charge in [-0.15, -0.1) is 0 Å². The number of esters is 1. The molecule has 0 aliphatic carbocycles. The van der Waals surface area contributed by atoms with E-state index in [0.29, 0.717) is 19.5 Å². The summed E-state index contributed by atoms with van der Waals surface area (Å²) in [6.45, 7) is 4.37. The fourth-order valence-electron chi connectivity index (χ4n) is 4.93. The van der Waals surface area contributed by atoms with Gasteiger partial charge in [0.05, 0.1) is 19.3 Å². The minimum absolute atomic E-state index is 0.161. The Hall–Kier alpha value is -4.41. The van der Waals surface area contributed by atoms with Crippen LogP contribution in [0.1, 0.15) is 37.0 Å². The number of carbonyl (C=O) groups is 2. The molecule has 0 spiro atoms. The van der Waals surface area contributed by atoms with Gasteiger partial charge in [-0.25, -0.2) is 4.79 Å². The zero-order valence-corrected chi connectivity index (χ0v) is 24.9. The van der Waals surface area contributed by atoms with E-state index in [1.165, 1.54) is 6.92 Å². The summed E-state index contributed by atoms with van der Waals surface area (Å²) in [5.41, 5.74) is 12.1. The number of rotatable bonds is 14. The van der Waals surface area contributed by atoms with Gasteiger partial charge in [0.15, 0.2) is 6.29 Å². The van der Waals surface area contributed by atoms with Gasteiger partial charge in [-0.1, -0.05) is 96.1 Å². The van der Waals surface area contributed by atoms with Gasteiger partial charge in [-0.3, -0.25) is 4.79 Å². The van der Waals surface area contributed by atoms with Crippen LogP contribution in [-0.4, -0.2) is 60.8 Å². The number of benzene rings is 3. The number of nitrogens with zero attached hydrogens (tertiary/aromatic N) is 4. The molecular weight excluding hydrogens is 564 g/mol. The molecule has 4 rings (SSSR count). The molecule has 1 heterocycles. The third kappa shape index (κ3) is 9.82. The van der Waals surface area contributed by atoms with Gasteiger partial charge in [0, 0.05) is 24.9 Å². The predicted octanol–water partition coefficient (Wildman–Crippen LogP) is 6.17. The summed E-state index contributed by atoms with van der Waals surface area (Å²) in [4.78, 5) is 29.7. The van der Waals surface area contributed by atoms with E-state index in [4.69, 9.17) is 23.7 Å². The SMILES string of the molecule is CC(=O)O[C@H]1[C@H](OCc2ccccc2)[C@@H](C)OC(OCCCN(Cc2ccccc2)C(=O)OCc2ccccc2)[C@@H]1N=[N+]=[N-]. The maximum atomic E-state index is 13.1. The van der Waals surface area contributed by atoms with Crippen LogP contribution in [0.2, 0.25) is 0 Å². The van der Waals surface area contributed by atoms with Crippen LogP contribution in [0.25, 0.3) is 10.4 Å². The first-order valence-electron chi connectivity index (χ1n) is 14.6. The lowest BCUT2D eigenvalue weighted by molar-refractivity contribution is -0.269. The smallest absolute Gasteiger partial charge is 0.410 e. The van der Waals surface area contributed by atoms with E-state index in [0.717, 1.165) is 16.7 Å². The second-order valence-corrected chi connectivity index (χ2v) is 10.4. The molecule has 1 aliphatic rings. The van der Waals surface area contributed by atoms with Crippen LogP contribution in [0.5, 0.6) is 0 Å².